The number of hydrogen-bond donors (Lipinski definition) is 1. The molecule has 0 amide bonds. The van der Waals surface area contributed by atoms with Crippen LogP contribution in [0, 0.1) is 0 Å². The predicted molar refractivity (Wildman–Crippen MR) is 58.6 cm³/mol. The van der Waals surface area contributed by atoms with Crippen LogP contribution in [-0.2, 0) is 4.74 Å². The van der Waals surface area contributed by atoms with E-state index in [0.29, 0.717) is 17.3 Å². The number of ether oxygens (including phenoxy) is 1. The van der Waals surface area contributed by atoms with Crippen LogP contribution >= 0.6 is 23.1 Å². The molecule has 6 heteroatoms. The Hall–Kier alpha value is -0.330. The maximum Gasteiger partial charge on any atom is 0.203 e. The van der Waals surface area contributed by atoms with Crippen molar-refractivity contribution in [2.75, 3.05) is 11.5 Å². The Morgan fingerprint density at radius 1 is 1.57 bits per heavy atom. The first-order chi connectivity index (χ1) is 6.74. The van der Waals surface area contributed by atoms with Gasteiger partial charge in [0.1, 0.15) is 0 Å². The lowest BCUT2D eigenvalue weighted by Crippen LogP contribution is -2.10. The summed E-state index contributed by atoms with van der Waals surface area (Å²) in [7, 11) is 0. The monoisotopic (exact) mass is 231 g/mol. The van der Waals surface area contributed by atoms with E-state index in [4.69, 9.17) is 10.5 Å². The Kier molecular flexibility index (Phi) is 3.25. The van der Waals surface area contributed by atoms with E-state index in [1.54, 1.807) is 11.8 Å². The molecule has 2 N–H and O–H groups in total. The minimum absolute atomic E-state index is 0.375. The van der Waals surface area contributed by atoms with Crippen LogP contribution in [-0.4, -0.2) is 28.2 Å². The molecule has 4 nitrogen and oxygen atoms in total. The van der Waals surface area contributed by atoms with E-state index >= 15 is 0 Å². The molecule has 0 aromatic carbocycles. The molecule has 1 fully saturated rings. The average Bonchev–Trinajstić information content (AvgIpc) is 2.72. The lowest BCUT2D eigenvalue weighted by atomic mass is 10.2. The molecule has 1 saturated heterocycles. The lowest BCUT2D eigenvalue weighted by Gasteiger charge is -2.08. The Bertz CT molecular complexity index is 305. The van der Waals surface area contributed by atoms with Gasteiger partial charge in [-0.05, 0) is 19.8 Å². The fourth-order valence-corrected chi connectivity index (χ4v) is 3.16. The molecular weight excluding hydrogens is 218 g/mol. The molecule has 1 aliphatic heterocycles. The van der Waals surface area contributed by atoms with E-state index in [1.165, 1.54) is 17.8 Å². The van der Waals surface area contributed by atoms with Gasteiger partial charge in [0.15, 0.2) is 4.34 Å². The van der Waals surface area contributed by atoms with Crippen LogP contribution < -0.4 is 5.73 Å². The third kappa shape index (κ3) is 2.59. The second-order valence-corrected chi connectivity index (χ2v) is 5.64. The van der Waals surface area contributed by atoms with E-state index in [-0.39, 0.29) is 0 Å². The maximum atomic E-state index is 5.69. The first-order valence-corrected chi connectivity index (χ1v) is 6.41. The van der Waals surface area contributed by atoms with Crippen LogP contribution in [0.5, 0.6) is 0 Å². The van der Waals surface area contributed by atoms with Crippen LogP contribution in [0.1, 0.15) is 19.8 Å². The lowest BCUT2D eigenvalue weighted by molar-refractivity contribution is 0.0700. The van der Waals surface area contributed by atoms with E-state index in [0.717, 1.165) is 16.5 Å². The number of nitrogens with two attached hydrogens (primary N) is 1. The largest absolute Gasteiger partial charge is 0.374 e. The number of nitrogens with zero attached hydrogens (tertiary/aromatic N) is 2. The fourth-order valence-electron chi connectivity index (χ4n) is 1.45. The Labute approximate surface area is 91.2 Å². The number of aromatic nitrogens is 2. The molecule has 0 saturated carbocycles. The highest BCUT2D eigenvalue weighted by Gasteiger charge is 2.22. The zero-order chi connectivity index (χ0) is 9.97. The van der Waals surface area contributed by atoms with E-state index in [2.05, 4.69) is 17.1 Å². The van der Waals surface area contributed by atoms with Gasteiger partial charge in [-0.1, -0.05) is 23.1 Å². The molecule has 1 aliphatic rings. The van der Waals surface area contributed by atoms with Crippen LogP contribution in [0.25, 0.3) is 0 Å². The summed E-state index contributed by atoms with van der Waals surface area (Å²) < 4.78 is 6.63. The Balaban J connectivity index is 1.77. The first-order valence-electron chi connectivity index (χ1n) is 4.61. The summed E-state index contributed by atoms with van der Waals surface area (Å²) in [5.74, 6) is 0.957. The molecule has 0 spiro atoms. The molecule has 14 heavy (non-hydrogen) atoms. The Morgan fingerprint density at radius 3 is 3.00 bits per heavy atom. The number of hydrogen-bond acceptors (Lipinski definition) is 6. The van der Waals surface area contributed by atoms with Crippen molar-refractivity contribution in [1.82, 2.24) is 10.2 Å². The summed E-state index contributed by atoms with van der Waals surface area (Å²) in [6, 6.07) is 0. The number of nitrogen functional groups attached to an aromatic ring is 1. The minimum Gasteiger partial charge on any atom is -0.374 e. The fraction of sp³-hybridized carbons (Fsp3) is 0.750. The molecule has 78 valence electrons. The molecule has 0 aliphatic carbocycles. The molecule has 1 aromatic heterocycles. The predicted octanol–water partition coefficient (Wildman–Crippen LogP) is 1.78. The van der Waals surface area contributed by atoms with Crippen molar-refractivity contribution in [3.63, 3.8) is 0 Å². The van der Waals surface area contributed by atoms with Gasteiger partial charge < -0.3 is 10.5 Å². The summed E-state index contributed by atoms with van der Waals surface area (Å²) in [6.45, 7) is 2.12. The van der Waals surface area contributed by atoms with Crippen molar-refractivity contribution in [2.45, 2.75) is 36.3 Å². The van der Waals surface area contributed by atoms with Gasteiger partial charge in [-0.2, -0.15) is 0 Å². The van der Waals surface area contributed by atoms with E-state index in [9.17, 15) is 0 Å². The average molecular weight is 231 g/mol. The van der Waals surface area contributed by atoms with Gasteiger partial charge in [-0.3, -0.25) is 0 Å². The van der Waals surface area contributed by atoms with Gasteiger partial charge in [0.25, 0.3) is 0 Å². The SMILES string of the molecule is C[C@H]1CC[C@@H](CSc2nnc(N)s2)O1. The van der Waals surface area contributed by atoms with Gasteiger partial charge >= 0.3 is 0 Å². The number of anilines is 1. The van der Waals surface area contributed by atoms with Gasteiger partial charge in [0.2, 0.25) is 5.13 Å². The molecular formula is C8H13N3OS2. The molecule has 1 aromatic rings. The highest BCUT2D eigenvalue weighted by Crippen LogP contribution is 2.28. The van der Waals surface area contributed by atoms with Crippen molar-refractivity contribution in [3.8, 4) is 0 Å². The van der Waals surface area contributed by atoms with Crippen molar-refractivity contribution >= 4 is 28.2 Å². The van der Waals surface area contributed by atoms with Crippen molar-refractivity contribution in [2.24, 2.45) is 0 Å². The zero-order valence-electron chi connectivity index (χ0n) is 7.97. The van der Waals surface area contributed by atoms with Crippen LogP contribution in [0.4, 0.5) is 5.13 Å². The molecule has 2 heterocycles. The zero-order valence-corrected chi connectivity index (χ0v) is 9.61. The summed E-state index contributed by atoms with van der Waals surface area (Å²) in [6.07, 6.45) is 3.12. The smallest absolute Gasteiger partial charge is 0.203 e. The van der Waals surface area contributed by atoms with Crippen LogP contribution in [0.15, 0.2) is 4.34 Å². The second-order valence-electron chi connectivity index (χ2n) is 3.36. The summed E-state index contributed by atoms with van der Waals surface area (Å²) in [4.78, 5) is 0. The van der Waals surface area contributed by atoms with Crippen molar-refractivity contribution in [3.05, 3.63) is 0 Å². The summed E-state index contributed by atoms with van der Waals surface area (Å²) in [5.41, 5.74) is 5.48. The minimum atomic E-state index is 0.375. The number of rotatable bonds is 3. The van der Waals surface area contributed by atoms with E-state index in [1.807, 2.05) is 0 Å². The van der Waals surface area contributed by atoms with E-state index < -0.39 is 0 Å². The Morgan fingerprint density at radius 2 is 2.43 bits per heavy atom. The highest BCUT2D eigenvalue weighted by atomic mass is 32.2. The normalized spacial score (nSPS) is 26.9. The number of thioether (sulfide) groups is 1. The standard InChI is InChI=1S/C8H13N3OS2/c1-5-2-3-6(12-5)4-13-8-11-10-7(9)14-8/h5-6H,2-4H2,1H3,(H2,9,10)/t5-,6-/m0/s1. The molecule has 0 unspecified atom stereocenters. The third-order valence-corrected chi connectivity index (χ3v) is 4.15. The first kappa shape index (κ1) is 10.2. The van der Waals surface area contributed by atoms with Gasteiger partial charge in [0.05, 0.1) is 12.2 Å². The topological polar surface area (TPSA) is 61.0 Å². The van der Waals surface area contributed by atoms with Gasteiger partial charge in [-0.25, -0.2) is 0 Å². The van der Waals surface area contributed by atoms with Gasteiger partial charge in [-0.15, -0.1) is 10.2 Å². The van der Waals surface area contributed by atoms with Crippen LogP contribution in [0.2, 0.25) is 0 Å². The molecule has 0 bridgehead atoms. The molecule has 0 radical (unpaired) electrons. The van der Waals surface area contributed by atoms with Crippen molar-refractivity contribution < 1.29 is 4.74 Å². The maximum absolute atomic E-state index is 5.69. The van der Waals surface area contributed by atoms with Gasteiger partial charge in [0, 0.05) is 5.75 Å². The molecule has 2 atom stereocenters. The third-order valence-electron chi connectivity index (χ3n) is 2.13. The molecule has 2 rings (SSSR count). The summed E-state index contributed by atoms with van der Waals surface area (Å²) >= 11 is 3.12. The quantitative estimate of drug-likeness (QED) is 0.803. The highest BCUT2D eigenvalue weighted by molar-refractivity contribution is 8.01. The summed E-state index contributed by atoms with van der Waals surface area (Å²) in [5, 5.41) is 8.24. The second kappa shape index (κ2) is 4.46. The van der Waals surface area contributed by atoms with Crippen LogP contribution in [0.3, 0.4) is 0 Å². The van der Waals surface area contributed by atoms with Crippen molar-refractivity contribution in [1.29, 1.82) is 0 Å².